The number of hydrogen-bond acceptors (Lipinski definition) is 4. The van der Waals surface area contributed by atoms with E-state index in [1.807, 2.05) is 30.3 Å². The monoisotopic (exact) mass is 512 g/mol. The van der Waals surface area contributed by atoms with Gasteiger partial charge in [0, 0.05) is 25.6 Å². The molecule has 7 nitrogen and oxygen atoms in total. The summed E-state index contributed by atoms with van der Waals surface area (Å²) in [5.41, 5.74) is 1.72. The Balaban J connectivity index is 1.59. The minimum absolute atomic E-state index is 0.112. The van der Waals surface area contributed by atoms with Crippen LogP contribution in [0, 0.1) is 11.6 Å². The molecule has 0 saturated carbocycles. The number of nitrogens with one attached hydrogen (secondary N) is 1. The van der Waals surface area contributed by atoms with Crippen LogP contribution in [0.15, 0.2) is 72.8 Å². The van der Waals surface area contributed by atoms with Crippen molar-refractivity contribution in [1.82, 2.24) is 4.90 Å². The number of rotatable bonds is 13. The van der Waals surface area contributed by atoms with Crippen molar-refractivity contribution in [2.24, 2.45) is 0 Å². The molecule has 196 valence electrons. The molecule has 2 amide bonds. The van der Waals surface area contributed by atoms with Gasteiger partial charge in [-0.25, -0.2) is 18.4 Å². The molecule has 0 bridgehead atoms. The number of nitrogens with zero attached hydrogens (tertiary/aromatic N) is 1. The fourth-order valence-electron chi connectivity index (χ4n) is 3.64. The third-order valence-electron chi connectivity index (χ3n) is 5.59. The lowest BCUT2D eigenvalue weighted by atomic mass is 10.1. The summed E-state index contributed by atoms with van der Waals surface area (Å²) in [6.45, 7) is 2.79. The number of carboxylic acid groups (broad SMARTS) is 1. The third kappa shape index (κ3) is 8.88. The molecule has 0 radical (unpaired) electrons. The fraction of sp³-hybridized carbons (Fsp3) is 0.286. The highest BCUT2D eigenvalue weighted by Crippen LogP contribution is 2.17. The second kappa shape index (κ2) is 13.9. The van der Waals surface area contributed by atoms with E-state index in [1.165, 1.54) is 11.0 Å². The predicted molar refractivity (Wildman–Crippen MR) is 136 cm³/mol. The number of anilines is 1. The summed E-state index contributed by atoms with van der Waals surface area (Å²) < 4.78 is 38.3. The molecule has 0 fully saturated rings. The third-order valence-corrected chi connectivity index (χ3v) is 5.59. The van der Waals surface area contributed by atoms with E-state index in [0.29, 0.717) is 31.4 Å². The quantitative estimate of drug-likeness (QED) is 0.331. The van der Waals surface area contributed by atoms with Crippen molar-refractivity contribution in [2.45, 2.75) is 25.9 Å². The molecule has 3 aromatic carbocycles. The Morgan fingerprint density at radius 2 is 1.70 bits per heavy atom. The minimum atomic E-state index is -1.02. The zero-order valence-electron chi connectivity index (χ0n) is 20.5. The van der Waals surface area contributed by atoms with Gasteiger partial charge in [-0.05, 0) is 48.7 Å². The molecule has 2 N–H and O–H groups in total. The van der Waals surface area contributed by atoms with Gasteiger partial charge in [-0.1, -0.05) is 42.5 Å². The average molecular weight is 513 g/mol. The van der Waals surface area contributed by atoms with Gasteiger partial charge in [0.15, 0.2) is 6.10 Å². The molecule has 0 saturated heterocycles. The summed E-state index contributed by atoms with van der Waals surface area (Å²) in [6, 6.07) is 19.0. The van der Waals surface area contributed by atoms with Crippen LogP contribution in [-0.2, 0) is 22.4 Å². The van der Waals surface area contributed by atoms with Crippen molar-refractivity contribution in [3.05, 3.63) is 95.6 Å². The molecule has 0 aliphatic heterocycles. The molecule has 1 atom stereocenters. The molecular weight excluding hydrogens is 482 g/mol. The van der Waals surface area contributed by atoms with Crippen molar-refractivity contribution in [3.8, 4) is 5.75 Å². The van der Waals surface area contributed by atoms with E-state index in [9.17, 15) is 23.5 Å². The van der Waals surface area contributed by atoms with Crippen LogP contribution in [0.25, 0.3) is 0 Å². The highest BCUT2D eigenvalue weighted by atomic mass is 19.1. The van der Waals surface area contributed by atoms with Gasteiger partial charge in [-0.3, -0.25) is 0 Å². The minimum Gasteiger partial charge on any atom is -0.492 e. The molecule has 3 rings (SSSR count). The number of halogens is 2. The largest absolute Gasteiger partial charge is 0.492 e. The Labute approximate surface area is 214 Å². The van der Waals surface area contributed by atoms with Crippen molar-refractivity contribution >= 4 is 17.7 Å². The van der Waals surface area contributed by atoms with Gasteiger partial charge in [0.05, 0.1) is 12.2 Å². The molecule has 0 aromatic heterocycles. The molecule has 0 spiro atoms. The number of carbonyl (C=O) groups is 2. The molecule has 37 heavy (non-hydrogen) atoms. The van der Waals surface area contributed by atoms with Crippen LogP contribution in [-0.4, -0.2) is 54.4 Å². The maximum Gasteiger partial charge on any atom is 0.333 e. The van der Waals surface area contributed by atoms with Gasteiger partial charge < -0.3 is 24.8 Å². The van der Waals surface area contributed by atoms with E-state index in [0.717, 1.165) is 17.2 Å². The average Bonchev–Trinajstić information content (AvgIpc) is 2.88. The lowest BCUT2D eigenvalue weighted by molar-refractivity contribution is -0.149. The molecule has 3 aromatic rings. The number of carboxylic acids is 1. The normalized spacial score (nSPS) is 11.5. The smallest absolute Gasteiger partial charge is 0.333 e. The van der Waals surface area contributed by atoms with Crippen LogP contribution in [0.1, 0.15) is 18.1 Å². The van der Waals surface area contributed by atoms with Gasteiger partial charge in [-0.15, -0.1) is 0 Å². The first-order chi connectivity index (χ1) is 17.9. The Morgan fingerprint density at radius 1 is 0.973 bits per heavy atom. The first-order valence-corrected chi connectivity index (χ1v) is 12.0. The van der Waals surface area contributed by atoms with Gasteiger partial charge in [0.2, 0.25) is 0 Å². The van der Waals surface area contributed by atoms with Crippen LogP contribution in [0.3, 0.4) is 0 Å². The first kappa shape index (κ1) is 27.6. The summed E-state index contributed by atoms with van der Waals surface area (Å²) >= 11 is 0. The highest BCUT2D eigenvalue weighted by Gasteiger charge is 2.18. The first-order valence-electron chi connectivity index (χ1n) is 12.0. The van der Waals surface area contributed by atoms with Crippen molar-refractivity contribution in [1.29, 1.82) is 0 Å². The molecule has 0 aliphatic rings. The van der Waals surface area contributed by atoms with E-state index in [2.05, 4.69) is 5.32 Å². The topological polar surface area (TPSA) is 88.1 Å². The number of urea groups is 1. The Bertz CT molecular complexity index is 1160. The van der Waals surface area contributed by atoms with E-state index in [-0.39, 0.29) is 25.3 Å². The Kier molecular flexibility index (Phi) is 10.4. The zero-order valence-corrected chi connectivity index (χ0v) is 20.5. The fourth-order valence-corrected chi connectivity index (χ4v) is 3.64. The molecular formula is C28H30F2N2O5. The van der Waals surface area contributed by atoms with E-state index >= 15 is 0 Å². The number of carbonyl (C=O) groups excluding carboxylic acids is 1. The lowest BCUT2D eigenvalue weighted by Gasteiger charge is -2.23. The van der Waals surface area contributed by atoms with E-state index < -0.39 is 29.7 Å². The van der Waals surface area contributed by atoms with Crippen LogP contribution in [0.4, 0.5) is 19.3 Å². The zero-order chi connectivity index (χ0) is 26.6. The maximum atomic E-state index is 14.1. The Morgan fingerprint density at radius 3 is 2.35 bits per heavy atom. The van der Waals surface area contributed by atoms with Gasteiger partial charge in [0.1, 0.15) is 24.0 Å². The standard InChI is InChI=1S/C28H30F2N2O5/c1-2-36-26(27(33)34)18-21-8-11-23(12-9-21)37-17-16-32(15-14-20-6-4-3-5-7-20)28(35)31-25-13-10-22(29)19-24(25)30/h3-13,19,26H,2,14-18H2,1H3,(H,31,35)(H,33,34). The van der Waals surface area contributed by atoms with Crippen LogP contribution in [0.2, 0.25) is 0 Å². The van der Waals surface area contributed by atoms with Gasteiger partial charge in [0.25, 0.3) is 0 Å². The second-order valence-electron chi connectivity index (χ2n) is 8.26. The lowest BCUT2D eigenvalue weighted by Crippen LogP contribution is -2.39. The van der Waals surface area contributed by atoms with Crippen LogP contribution >= 0.6 is 0 Å². The number of amides is 2. The predicted octanol–water partition coefficient (Wildman–Crippen LogP) is 5.15. The van der Waals surface area contributed by atoms with Gasteiger partial charge >= 0.3 is 12.0 Å². The van der Waals surface area contributed by atoms with Crippen molar-refractivity contribution in [3.63, 3.8) is 0 Å². The highest BCUT2D eigenvalue weighted by molar-refractivity contribution is 5.89. The molecule has 1 unspecified atom stereocenters. The second-order valence-corrected chi connectivity index (χ2v) is 8.26. The number of ether oxygens (including phenoxy) is 2. The molecule has 0 heterocycles. The van der Waals surface area contributed by atoms with E-state index in [1.54, 1.807) is 31.2 Å². The summed E-state index contributed by atoms with van der Waals surface area (Å²) in [7, 11) is 0. The Hall–Kier alpha value is -3.98. The van der Waals surface area contributed by atoms with Gasteiger partial charge in [-0.2, -0.15) is 0 Å². The van der Waals surface area contributed by atoms with Crippen LogP contribution in [0.5, 0.6) is 5.75 Å². The number of benzene rings is 3. The molecule has 0 aliphatic carbocycles. The SMILES string of the molecule is CCOC(Cc1ccc(OCCN(CCc2ccccc2)C(=O)Nc2ccc(F)cc2F)cc1)C(=O)O. The number of hydrogen-bond donors (Lipinski definition) is 2. The summed E-state index contributed by atoms with van der Waals surface area (Å²) in [4.78, 5) is 25.7. The van der Waals surface area contributed by atoms with Crippen molar-refractivity contribution in [2.75, 3.05) is 31.6 Å². The van der Waals surface area contributed by atoms with Crippen molar-refractivity contribution < 1.29 is 33.0 Å². The maximum absolute atomic E-state index is 14.1. The van der Waals surface area contributed by atoms with Crippen LogP contribution < -0.4 is 10.1 Å². The van der Waals surface area contributed by atoms with E-state index in [4.69, 9.17) is 9.47 Å². The summed E-state index contributed by atoms with van der Waals surface area (Å²) in [5.74, 6) is -2.05. The number of aliphatic carboxylic acids is 1. The summed E-state index contributed by atoms with van der Waals surface area (Å²) in [5, 5.41) is 11.7. The summed E-state index contributed by atoms with van der Waals surface area (Å²) in [6.07, 6.45) is -0.101. The molecule has 9 heteroatoms.